The maximum atomic E-state index is 11.3. The number of rotatable bonds is 3. The monoisotopic (exact) mass is 376 g/mol. The molecule has 4 aliphatic rings. The third kappa shape index (κ3) is 2.37. The van der Waals surface area contributed by atoms with Crippen molar-refractivity contribution in [2.75, 3.05) is 13.2 Å². The zero-order chi connectivity index (χ0) is 19.7. The highest BCUT2D eigenvalue weighted by Gasteiger charge is 2.67. The minimum atomic E-state index is -1.00. The molecule has 2 bridgehead atoms. The summed E-state index contributed by atoms with van der Waals surface area (Å²) in [7, 11) is 0. The summed E-state index contributed by atoms with van der Waals surface area (Å²) in [4.78, 5) is 11.3. The SMILES string of the molecule is CC(=O)OCC1(O)CCC23CC1C=C2C=CC1C(C)(CO)C(O)CCC13C. The van der Waals surface area contributed by atoms with E-state index in [0.717, 1.165) is 19.3 Å². The first-order valence-electron chi connectivity index (χ1n) is 10.2. The first-order chi connectivity index (χ1) is 12.6. The largest absolute Gasteiger partial charge is 0.463 e. The Kier molecular flexibility index (Phi) is 4.20. The molecule has 0 aromatic heterocycles. The number of carbonyl (C=O) groups excluding carboxylic acids is 1. The molecule has 2 saturated carbocycles. The number of fused-ring (bicyclic) bond motifs is 2. The molecule has 0 aliphatic heterocycles. The first-order valence-corrected chi connectivity index (χ1v) is 10.2. The molecular formula is C22H32O5. The average Bonchev–Trinajstić information content (AvgIpc) is 2.98. The summed E-state index contributed by atoms with van der Waals surface area (Å²) in [5.41, 5.74) is -0.387. The van der Waals surface area contributed by atoms with Gasteiger partial charge in [-0.3, -0.25) is 4.79 Å². The van der Waals surface area contributed by atoms with Crippen LogP contribution >= 0.6 is 0 Å². The van der Waals surface area contributed by atoms with Gasteiger partial charge in [-0.2, -0.15) is 0 Å². The van der Waals surface area contributed by atoms with Crippen molar-refractivity contribution < 1.29 is 24.9 Å². The van der Waals surface area contributed by atoms with Gasteiger partial charge in [-0.05, 0) is 49.0 Å². The van der Waals surface area contributed by atoms with Gasteiger partial charge in [-0.1, -0.05) is 32.1 Å². The van der Waals surface area contributed by atoms with E-state index in [1.807, 2.05) is 6.92 Å². The second-order valence-electron chi connectivity index (χ2n) is 9.87. The first kappa shape index (κ1) is 19.2. The minimum absolute atomic E-state index is 0.0340. The third-order valence-electron chi connectivity index (χ3n) is 8.70. The molecule has 4 aliphatic carbocycles. The van der Waals surface area contributed by atoms with Crippen LogP contribution in [0.1, 0.15) is 52.9 Å². The topological polar surface area (TPSA) is 87.0 Å². The Morgan fingerprint density at radius 2 is 2.04 bits per heavy atom. The molecule has 27 heavy (non-hydrogen) atoms. The summed E-state index contributed by atoms with van der Waals surface area (Å²) in [6.45, 7) is 5.70. The summed E-state index contributed by atoms with van der Waals surface area (Å²) >= 11 is 0. The molecular weight excluding hydrogens is 344 g/mol. The summed E-state index contributed by atoms with van der Waals surface area (Å²) in [6.07, 6.45) is 9.90. The quantitative estimate of drug-likeness (QED) is 0.658. The van der Waals surface area contributed by atoms with Crippen LogP contribution < -0.4 is 0 Å². The van der Waals surface area contributed by atoms with E-state index in [1.165, 1.54) is 12.5 Å². The zero-order valence-electron chi connectivity index (χ0n) is 16.6. The highest BCUT2D eigenvalue weighted by molar-refractivity contribution is 5.66. The molecule has 7 unspecified atom stereocenters. The van der Waals surface area contributed by atoms with Gasteiger partial charge in [-0.15, -0.1) is 0 Å². The van der Waals surface area contributed by atoms with Crippen molar-refractivity contribution in [3.8, 4) is 0 Å². The van der Waals surface area contributed by atoms with Crippen LogP contribution in [0.15, 0.2) is 23.8 Å². The molecule has 0 heterocycles. The van der Waals surface area contributed by atoms with Gasteiger partial charge in [0.15, 0.2) is 0 Å². The summed E-state index contributed by atoms with van der Waals surface area (Å²) < 4.78 is 5.18. The van der Waals surface area contributed by atoms with Crippen LogP contribution in [-0.4, -0.2) is 46.2 Å². The second-order valence-corrected chi connectivity index (χ2v) is 9.87. The van der Waals surface area contributed by atoms with E-state index in [1.54, 1.807) is 0 Å². The summed E-state index contributed by atoms with van der Waals surface area (Å²) in [6, 6.07) is 0. The predicted molar refractivity (Wildman–Crippen MR) is 101 cm³/mol. The van der Waals surface area contributed by atoms with Crippen molar-refractivity contribution in [3.05, 3.63) is 23.8 Å². The molecule has 5 heteroatoms. The number of aliphatic hydroxyl groups excluding tert-OH is 2. The van der Waals surface area contributed by atoms with Crippen LogP contribution in [-0.2, 0) is 9.53 Å². The summed E-state index contributed by atoms with van der Waals surface area (Å²) in [5.74, 6) is -0.305. The second kappa shape index (κ2) is 5.91. The zero-order valence-corrected chi connectivity index (χ0v) is 16.6. The Labute approximate surface area is 161 Å². The van der Waals surface area contributed by atoms with E-state index in [2.05, 4.69) is 25.2 Å². The van der Waals surface area contributed by atoms with Crippen molar-refractivity contribution in [2.45, 2.75) is 64.6 Å². The highest BCUT2D eigenvalue weighted by atomic mass is 16.5. The van der Waals surface area contributed by atoms with E-state index < -0.39 is 17.1 Å². The molecule has 0 amide bonds. The number of carbonyl (C=O) groups is 1. The molecule has 150 valence electrons. The van der Waals surface area contributed by atoms with E-state index in [-0.39, 0.29) is 41.8 Å². The Morgan fingerprint density at radius 1 is 1.30 bits per heavy atom. The fourth-order valence-electron chi connectivity index (χ4n) is 6.83. The number of hydrogen-bond acceptors (Lipinski definition) is 5. The molecule has 1 spiro atoms. The lowest BCUT2D eigenvalue weighted by atomic mass is 9.41. The molecule has 3 N–H and O–H groups in total. The van der Waals surface area contributed by atoms with Crippen LogP contribution in [0.25, 0.3) is 0 Å². The minimum Gasteiger partial charge on any atom is -0.463 e. The van der Waals surface area contributed by atoms with Gasteiger partial charge in [0.2, 0.25) is 0 Å². The normalized spacial score (nSPS) is 50.6. The van der Waals surface area contributed by atoms with E-state index in [4.69, 9.17) is 4.74 Å². The molecule has 7 atom stereocenters. The lowest BCUT2D eigenvalue weighted by molar-refractivity contribution is -0.177. The van der Waals surface area contributed by atoms with Gasteiger partial charge >= 0.3 is 5.97 Å². The Morgan fingerprint density at radius 3 is 2.70 bits per heavy atom. The molecule has 0 aromatic rings. The molecule has 4 rings (SSSR count). The fourth-order valence-corrected chi connectivity index (χ4v) is 6.83. The Balaban J connectivity index is 1.70. The Hall–Kier alpha value is -1.17. The molecule has 0 radical (unpaired) electrons. The maximum absolute atomic E-state index is 11.3. The van der Waals surface area contributed by atoms with Crippen molar-refractivity contribution in [1.29, 1.82) is 0 Å². The predicted octanol–water partition coefficient (Wildman–Crippen LogP) is 2.35. The van der Waals surface area contributed by atoms with Gasteiger partial charge in [0.1, 0.15) is 12.2 Å². The van der Waals surface area contributed by atoms with Crippen LogP contribution in [0.4, 0.5) is 0 Å². The van der Waals surface area contributed by atoms with Crippen LogP contribution in [0, 0.1) is 28.1 Å². The molecule has 0 aromatic carbocycles. The van der Waals surface area contributed by atoms with E-state index >= 15 is 0 Å². The molecule has 2 fully saturated rings. The van der Waals surface area contributed by atoms with Gasteiger partial charge in [0.25, 0.3) is 0 Å². The average molecular weight is 376 g/mol. The van der Waals surface area contributed by atoms with Crippen molar-refractivity contribution in [1.82, 2.24) is 0 Å². The fraction of sp³-hybridized carbons (Fsp3) is 0.773. The number of hydrogen-bond donors (Lipinski definition) is 3. The molecule has 0 saturated heterocycles. The van der Waals surface area contributed by atoms with E-state index in [0.29, 0.717) is 12.8 Å². The van der Waals surface area contributed by atoms with Crippen molar-refractivity contribution in [2.24, 2.45) is 28.1 Å². The Bertz CT molecular complexity index is 713. The smallest absolute Gasteiger partial charge is 0.302 e. The summed E-state index contributed by atoms with van der Waals surface area (Å²) in [5, 5.41) is 32.0. The lowest BCUT2D eigenvalue weighted by Gasteiger charge is -2.64. The maximum Gasteiger partial charge on any atom is 0.302 e. The van der Waals surface area contributed by atoms with Gasteiger partial charge < -0.3 is 20.1 Å². The van der Waals surface area contributed by atoms with Gasteiger partial charge in [0.05, 0.1) is 12.7 Å². The van der Waals surface area contributed by atoms with Crippen molar-refractivity contribution in [3.63, 3.8) is 0 Å². The van der Waals surface area contributed by atoms with Crippen LogP contribution in [0.3, 0.4) is 0 Å². The number of allylic oxidation sites excluding steroid dienone is 3. The highest BCUT2D eigenvalue weighted by Crippen LogP contribution is 2.71. The van der Waals surface area contributed by atoms with E-state index in [9.17, 15) is 20.1 Å². The number of aliphatic hydroxyl groups is 3. The number of esters is 1. The number of ether oxygens (including phenoxy) is 1. The molecule has 5 nitrogen and oxygen atoms in total. The van der Waals surface area contributed by atoms with Crippen molar-refractivity contribution >= 4 is 5.97 Å². The van der Waals surface area contributed by atoms with Crippen LogP contribution in [0.2, 0.25) is 0 Å². The lowest BCUT2D eigenvalue weighted by Crippen LogP contribution is -2.61. The van der Waals surface area contributed by atoms with Gasteiger partial charge in [-0.25, -0.2) is 0 Å². The standard InChI is InChI=1S/C22H32O5/c1-14(24)27-13-22(26)9-8-21-11-16(22)10-15(21)4-5-17-19(2,12-23)18(25)6-7-20(17,21)3/h4-5,10,16-18,23,25-26H,6-9,11-13H2,1-3H3. The third-order valence-corrected chi connectivity index (χ3v) is 8.70. The van der Waals surface area contributed by atoms with Gasteiger partial charge in [0, 0.05) is 23.7 Å². The van der Waals surface area contributed by atoms with Crippen LogP contribution in [0.5, 0.6) is 0 Å².